The van der Waals surface area contributed by atoms with Crippen molar-refractivity contribution in [2.75, 3.05) is 0 Å². The van der Waals surface area contributed by atoms with E-state index in [2.05, 4.69) is 15.9 Å². The molecule has 1 N–H and O–H groups in total. The van der Waals surface area contributed by atoms with Crippen LogP contribution < -0.4 is 5.56 Å². The third-order valence-corrected chi connectivity index (χ3v) is 2.84. The van der Waals surface area contributed by atoms with E-state index >= 15 is 0 Å². The van der Waals surface area contributed by atoms with Crippen LogP contribution in [0.1, 0.15) is 0 Å². The summed E-state index contributed by atoms with van der Waals surface area (Å²) in [4.78, 5) is 9.69. The molecule has 0 aliphatic heterocycles. The number of aromatic amines is 1. The molecule has 0 amide bonds. The number of hydrogen-bond donors (Lipinski definition) is 1. The lowest BCUT2D eigenvalue weighted by Crippen LogP contribution is -2.19. The van der Waals surface area contributed by atoms with Crippen molar-refractivity contribution in [3.05, 3.63) is 27.1 Å². The van der Waals surface area contributed by atoms with Crippen molar-refractivity contribution < 1.29 is 19.4 Å². The fourth-order valence-electron chi connectivity index (χ4n) is 0.725. The second-order valence-corrected chi connectivity index (χ2v) is 5.77. The van der Waals surface area contributed by atoms with Gasteiger partial charge in [0.05, 0.1) is 0 Å². The van der Waals surface area contributed by atoms with Crippen LogP contribution in [0.25, 0.3) is 0 Å². The van der Waals surface area contributed by atoms with E-state index in [0.29, 0.717) is 0 Å². The van der Waals surface area contributed by atoms with Gasteiger partial charge >= 0.3 is 10.2 Å². The Bertz CT molecular complexity index is 437. The van der Waals surface area contributed by atoms with Gasteiger partial charge in [-0.05, 0) is 22.0 Å². The number of hydrogen-bond acceptors (Lipinski definition) is 1. The van der Waals surface area contributed by atoms with Crippen LogP contribution in [0.5, 0.6) is 0 Å². The highest BCUT2D eigenvalue weighted by atomic mass is 79.9. The standard InChI is InChI=1S/C5H3BrF5NOS/c6-3-1-4(5(13)12-2-3)14(7,8,9,10)11/h1-2H,(H,12,13). The molecule has 0 radical (unpaired) electrons. The largest absolute Gasteiger partial charge is 0.327 e. The van der Waals surface area contributed by atoms with Crippen molar-refractivity contribution >= 4 is 26.2 Å². The Labute approximate surface area is 83.0 Å². The third-order valence-electron chi connectivity index (χ3n) is 1.25. The van der Waals surface area contributed by atoms with E-state index in [4.69, 9.17) is 0 Å². The first-order valence-electron chi connectivity index (χ1n) is 3.02. The van der Waals surface area contributed by atoms with Gasteiger partial charge in [-0.3, -0.25) is 4.79 Å². The van der Waals surface area contributed by atoms with Gasteiger partial charge in [-0.1, -0.05) is 19.4 Å². The molecule has 0 fully saturated rings. The number of nitrogens with one attached hydrogen (secondary N) is 1. The summed E-state index contributed by atoms with van der Waals surface area (Å²) in [7, 11) is -9.88. The van der Waals surface area contributed by atoms with E-state index in [0.717, 1.165) is 6.20 Å². The van der Waals surface area contributed by atoms with Crippen molar-refractivity contribution in [1.29, 1.82) is 0 Å². The van der Waals surface area contributed by atoms with E-state index < -0.39 is 20.7 Å². The zero-order chi connectivity index (χ0) is 11.3. The maximum atomic E-state index is 12.1. The van der Waals surface area contributed by atoms with Crippen LogP contribution in [0, 0.1) is 0 Å². The molecule has 0 saturated carbocycles. The van der Waals surface area contributed by atoms with Gasteiger partial charge in [0, 0.05) is 10.7 Å². The predicted octanol–water partition coefficient (Wildman–Crippen LogP) is 3.79. The van der Waals surface area contributed by atoms with Crippen LogP contribution >= 0.6 is 26.2 Å². The Morgan fingerprint density at radius 3 is 2.07 bits per heavy atom. The van der Waals surface area contributed by atoms with Gasteiger partial charge in [0.2, 0.25) is 0 Å². The molecule has 0 bridgehead atoms. The number of halogens is 6. The van der Waals surface area contributed by atoms with Crippen molar-refractivity contribution in [2.24, 2.45) is 0 Å². The molecule has 0 aromatic carbocycles. The summed E-state index contributed by atoms with van der Waals surface area (Å²) in [5.74, 6) is 0. The molecule has 1 rings (SSSR count). The zero-order valence-corrected chi connectivity index (χ0v) is 8.64. The van der Waals surface area contributed by atoms with Crippen LogP contribution in [-0.4, -0.2) is 4.98 Å². The number of H-pyrrole nitrogens is 1. The summed E-state index contributed by atoms with van der Waals surface area (Å²) >= 11 is 2.55. The molecule has 2 nitrogen and oxygen atoms in total. The first-order chi connectivity index (χ1) is 5.90. The summed E-state index contributed by atoms with van der Waals surface area (Å²) in [6, 6.07) is 0.0559. The molecule has 1 aromatic rings. The molecule has 82 valence electrons. The maximum absolute atomic E-state index is 12.1. The fourth-order valence-corrected chi connectivity index (χ4v) is 1.98. The van der Waals surface area contributed by atoms with Gasteiger partial charge < -0.3 is 4.98 Å². The average molecular weight is 300 g/mol. The predicted molar refractivity (Wildman–Crippen MR) is 46.2 cm³/mol. The summed E-state index contributed by atoms with van der Waals surface area (Å²) in [5.41, 5.74) is -1.85. The SMILES string of the molecule is O=c1[nH]cc(Br)cc1S(F)(F)(F)(F)F. The van der Waals surface area contributed by atoms with Crippen LogP contribution in [-0.2, 0) is 0 Å². The lowest BCUT2D eigenvalue weighted by Gasteiger charge is -2.39. The van der Waals surface area contributed by atoms with Crippen LogP contribution in [0.2, 0.25) is 0 Å². The van der Waals surface area contributed by atoms with Crippen LogP contribution in [0.4, 0.5) is 19.4 Å². The topological polar surface area (TPSA) is 32.9 Å². The highest BCUT2D eigenvalue weighted by Gasteiger charge is 2.67. The Balaban J connectivity index is 3.66. The van der Waals surface area contributed by atoms with Gasteiger partial charge in [0.25, 0.3) is 5.56 Å². The Kier molecular flexibility index (Phi) is 1.91. The minimum Gasteiger partial charge on any atom is -0.327 e. The smallest absolute Gasteiger partial charge is 0.315 e. The van der Waals surface area contributed by atoms with Crippen molar-refractivity contribution in [3.63, 3.8) is 0 Å². The molecule has 1 heterocycles. The van der Waals surface area contributed by atoms with E-state index in [1.165, 1.54) is 0 Å². The van der Waals surface area contributed by atoms with Gasteiger partial charge in [0.15, 0.2) is 4.90 Å². The molecule has 9 heteroatoms. The number of pyridine rings is 1. The summed E-state index contributed by atoms with van der Waals surface area (Å²) < 4.78 is 60.5. The fraction of sp³-hybridized carbons (Fsp3) is 0. The minimum absolute atomic E-state index is 0.0559. The summed E-state index contributed by atoms with van der Waals surface area (Å²) in [5, 5.41) is 0. The van der Waals surface area contributed by atoms with Gasteiger partial charge in [-0.25, -0.2) is 0 Å². The Morgan fingerprint density at radius 1 is 1.21 bits per heavy atom. The molecule has 0 saturated heterocycles. The highest BCUT2D eigenvalue weighted by Crippen LogP contribution is 3.01. The van der Waals surface area contributed by atoms with Crippen molar-refractivity contribution in [3.8, 4) is 0 Å². The minimum atomic E-state index is -9.88. The molecular formula is C5H3BrF5NOS. The lowest BCUT2D eigenvalue weighted by molar-refractivity contribution is 0.362. The third kappa shape index (κ3) is 2.47. The Morgan fingerprint density at radius 2 is 1.71 bits per heavy atom. The van der Waals surface area contributed by atoms with Gasteiger partial charge in [0.1, 0.15) is 0 Å². The second kappa shape index (κ2) is 2.32. The average Bonchev–Trinajstić information content (AvgIpc) is 1.89. The van der Waals surface area contributed by atoms with Gasteiger partial charge in [-0.15, -0.1) is 0 Å². The van der Waals surface area contributed by atoms with Crippen molar-refractivity contribution in [2.45, 2.75) is 4.90 Å². The molecular weight excluding hydrogens is 297 g/mol. The molecule has 14 heavy (non-hydrogen) atoms. The molecule has 0 atom stereocenters. The molecule has 0 aliphatic carbocycles. The number of aromatic nitrogens is 1. The van der Waals surface area contributed by atoms with Gasteiger partial charge in [-0.2, -0.15) is 0 Å². The zero-order valence-electron chi connectivity index (χ0n) is 6.24. The lowest BCUT2D eigenvalue weighted by atomic mass is 10.5. The van der Waals surface area contributed by atoms with E-state index in [1.807, 2.05) is 0 Å². The first-order valence-corrected chi connectivity index (χ1v) is 5.77. The molecule has 1 aromatic heterocycles. The summed E-state index contributed by atoms with van der Waals surface area (Å²) in [6.07, 6.45) is 0.843. The van der Waals surface area contributed by atoms with E-state index in [1.54, 1.807) is 4.98 Å². The molecule has 0 unspecified atom stereocenters. The molecule has 0 spiro atoms. The molecule has 0 aliphatic rings. The second-order valence-electron chi connectivity index (χ2n) is 2.48. The van der Waals surface area contributed by atoms with Crippen molar-refractivity contribution in [1.82, 2.24) is 4.98 Å². The number of rotatable bonds is 1. The Hall–Kier alpha value is -0.570. The highest BCUT2D eigenvalue weighted by molar-refractivity contribution is 9.10. The normalized spacial score (nSPS) is 17.3. The first kappa shape index (κ1) is 11.5. The van der Waals surface area contributed by atoms with Crippen LogP contribution in [0.3, 0.4) is 0 Å². The van der Waals surface area contributed by atoms with E-state index in [9.17, 15) is 24.2 Å². The van der Waals surface area contributed by atoms with E-state index in [-0.39, 0.29) is 10.5 Å². The van der Waals surface area contributed by atoms with Crippen LogP contribution in [0.15, 0.2) is 26.4 Å². The maximum Gasteiger partial charge on any atom is 0.315 e. The summed E-state index contributed by atoms with van der Waals surface area (Å²) in [6.45, 7) is 0. The monoisotopic (exact) mass is 299 g/mol. The quantitative estimate of drug-likeness (QED) is 0.786.